The first-order valence-corrected chi connectivity index (χ1v) is 3.18. The molecule has 0 aliphatic rings. The summed E-state index contributed by atoms with van der Waals surface area (Å²) >= 11 is 0. The largest absolute Gasteiger partial charge is 0.333 e. The Morgan fingerprint density at radius 2 is 2.45 bits per heavy atom. The average Bonchev–Trinajstić information content (AvgIpc) is 2.03. The summed E-state index contributed by atoms with van der Waals surface area (Å²) in [6.07, 6.45) is 1.64. The second kappa shape index (κ2) is 3.55. The van der Waals surface area contributed by atoms with Crippen molar-refractivity contribution in [3.63, 3.8) is 0 Å². The molecule has 0 saturated heterocycles. The highest BCUT2D eigenvalue weighted by molar-refractivity contribution is 5.70. The summed E-state index contributed by atoms with van der Waals surface area (Å²) in [5.74, 6) is 0. The molecule has 2 N–H and O–H groups in total. The van der Waals surface area contributed by atoms with Crippen molar-refractivity contribution in [3.05, 3.63) is 30.1 Å². The molecule has 1 heterocycles. The van der Waals surface area contributed by atoms with Gasteiger partial charge in [0.15, 0.2) is 0 Å². The van der Waals surface area contributed by atoms with Gasteiger partial charge in [-0.3, -0.25) is 4.98 Å². The summed E-state index contributed by atoms with van der Waals surface area (Å²) < 4.78 is 0. The van der Waals surface area contributed by atoms with Crippen molar-refractivity contribution >= 4 is 6.03 Å². The first kappa shape index (κ1) is 7.53. The van der Waals surface area contributed by atoms with Gasteiger partial charge in [-0.15, -0.1) is 0 Å². The summed E-state index contributed by atoms with van der Waals surface area (Å²) in [5.41, 5.74) is 7.31. The Hall–Kier alpha value is -1.58. The van der Waals surface area contributed by atoms with Gasteiger partial charge in [0, 0.05) is 6.20 Å². The SMILES string of the molecule is [NH]C(=O)NCc1ccccn1. The topological polar surface area (TPSA) is 65.8 Å². The minimum absolute atomic E-state index is 0.323. The summed E-state index contributed by atoms with van der Waals surface area (Å²) in [6, 6.07) is 4.64. The fourth-order valence-corrected chi connectivity index (χ4v) is 0.674. The lowest BCUT2D eigenvalue weighted by molar-refractivity contribution is 0.247. The molecule has 2 amide bonds. The lowest BCUT2D eigenvalue weighted by atomic mass is 10.3. The van der Waals surface area contributed by atoms with Gasteiger partial charge >= 0.3 is 6.03 Å². The molecule has 0 atom stereocenters. The lowest BCUT2D eigenvalue weighted by Gasteiger charge is -1.98. The summed E-state index contributed by atoms with van der Waals surface area (Å²) in [6.45, 7) is 0.323. The fraction of sp³-hybridized carbons (Fsp3) is 0.143. The summed E-state index contributed by atoms with van der Waals surface area (Å²) in [4.78, 5) is 14.1. The Morgan fingerprint density at radius 3 is 3.00 bits per heavy atom. The van der Waals surface area contributed by atoms with E-state index in [1.165, 1.54) is 0 Å². The van der Waals surface area contributed by atoms with Gasteiger partial charge in [0.2, 0.25) is 0 Å². The van der Waals surface area contributed by atoms with Crippen LogP contribution in [0.5, 0.6) is 0 Å². The maximum atomic E-state index is 10.1. The minimum Gasteiger partial charge on any atom is -0.331 e. The van der Waals surface area contributed by atoms with Crippen LogP contribution in [0.3, 0.4) is 0 Å². The zero-order valence-electron chi connectivity index (χ0n) is 5.87. The molecule has 0 bridgehead atoms. The molecule has 4 heteroatoms. The predicted molar refractivity (Wildman–Crippen MR) is 39.6 cm³/mol. The van der Waals surface area contributed by atoms with Crippen LogP contribution < -0.4 is 11.1 Å². The van der Waals surface area contributed by atoms with Crippen LogP contribution in [0, 0.1) is 0 Å². The monoisotopic (exact) mass is 150 g/mol. The molecule has 0 aliphatic carbocycles. The van der Waals surface area contributed by atoms with E-state index in [0.29, 0.717) is 6.54 Å². The van der Waals surface area contributed by atoms with Crippen LogP contribution in [-0.2, 0) is 6.54 Å². The predicted octanol–water partition coefficient (Wildman–Crippen LogP) is 0.574. The third-order valence-electron chi connectivity index (χ3n) is 1.16. The van der Waals surface area contributed by atoms with Gasteiger partial charge in [-0.2, -0.15) is 0 Å². The van der Waals surface area contributed by atoms with Crippen LogP contribution in [0.1, 0.15) is 5.69 Å². The number of nitrogens with one attached hydrogen (secondary N) is 2. The third-order valence-corrected chi connectivity index (χ3v) is 1.16. The van der Waals surface area contributed by atoms with Crippen molar-refractivity contribution < 1.29 is 4.79 Å². The molecular weight excluding hydrogens is 142 g/mol. The second-order valence-electron chi connectivity index (χ2n) is 2.00. The molecule has 0 spiro atoms. The van der Waals surface area contributed by atoms with Crippen molar-refractivity contribution in [1.82, 2.24) is 16.0 Å². The molecule has 0 aromatic carbocycles. The van der Waals surface area contributed by atoms with Crippen LogP contribution in [0.2, 0.25) is 0 Å². The van der Waals surface area contributed by atoms with Gasteiger partial charge in [0.05, 0.1) is 12.2 Å². The molecule has 1 aromatic rings. The van der Waals surface area contributed by atoms with Gasteiger partial charge < -0.3 is 5.32 Å². The fourth-order valence-electron chi connectivity index (χ4n) is 0.674. The number of rotatable bonds is 2. The standard InChI is InChI=1S/C7H8N3O/c8-7(11)10-5-6-3-1-2-4-9-6/h1-4,8H,5H2,(H,10,11). The molecule has 0 fully saturated rings. The summed E-state index contributed by atoms with van der Waals surface area (Å²) in [5, 5.41) is 2.33. The van der Waals surface area contributed by atoms with Gasteiger partial charge in [0.1, 0.15) is 0 Å². The van der Waals surface area contributed by atoms with Crippen LogP contribution >= 0.6 is 0 Å². The van der Waals surface area contributed by atoms with Crippen LogP contribution in [0.25, 0.3) is 0 Å². The Bertz CT molecular complexity index is 235. The van der Waals surface area contributed by atoms with Gasteiger partial charge in [-0.05, 0) is 12.1 Å². The van der Waals surface area contributed by atoms with E-state index in [9.17, 15) is 4.79 Å². The van der Waals surface area contributed by atoms with E-state index in [4.69, 9.17) is 5.73 Å². The number of amides is 2. The zero-order valence-corrected chi connectivity index (χ0v) is 5.87. The molecule has 1 rings (SSSR count). The van der Waals surface area contributed by atoms with Crippen molar-refractivity contribution in [2.45, 2.75) is 6.54 Å². The van der Waals surface area contributed by atoms with E-state index in [0.717, 1.165) is 5.69 Å². The Morgan fingerprint density at radius 1 is 1.64 bits per heavy atom. The van der Waals surface area contributed by atoms with Crippen LogP contribution in [0.4, 0.5) is 4.79 Å². The smallest absolute Gasteiger partial charge is 0.331 e. The normalized spacial score (nSPS) is 9.09. The quantitative estimate of drug-likeness (QED) is 0.669. The van der Waals surface area contributed by atoms with Gasteiger partial charge in [-0.25, -0.2) is 10.5 Å². The Labute approximate surface area is 64.4 Å². The first-order chi connectivity index (χ1) is 5.29. The van der Waals surface area contributed by atoms with Crippen LogP contribution in [0.15, 0.2) is 24.4 Å². The van der Waals surface area contributed by atoms with E-state index in [1.807, 2.05) is 6.07 Å². The Kier molecular flexibility index (Phi) is 2.43. The molecular formula is C7H8N3O. The van der Waals surface area contributed by atoms with E-state index >= 15 is 0 Å². The zero-order chi connectivity index (χ0) is 8.10. The highest BCUT2D eigenvalue weighted by Crippen LogP contribution is 1.90. The highest BCUT2D eigenvalue weighted by Gasteiger charge is 1.93. The molecule has 11 heavy (non-hydrogen) atoms. The molecule has 57 valence electrons. The summed E-state index contributed by atoms with van der Waals surface area (Å²) in [7, 11) is 0. The number of nitrogens with zero attached hydrogens (tertiary/aromatic N) is 1. The maximum Gasteiger partial charge on any atom is 0.333 e. The minimum atomic E-state index is -0.782. The number of hydrogen-bond acceptors (Lipinski definition) is 2. The van der Waals surface area contributed by atoms with Crippen molar-refractivity contribution in [3.8, 4) is 0 Å². The number of aromatic nitrogens is 1. The van der Waals surface area contributed by atoms with Crippen molar-refractivity contribution in [2.75, 3.05) is 0 Å². The Balaban J connectivity index is 2.45. The third kappa shape index (κ3) is 2.66. The molecule has 4 nitrogen and oxygen atoms in total. The maximum absolute atomic E-state index is 10.1. The number of pyridine rings is 1. The molecule has 0 unspecified atom stereocenters. The second-order valence-corrected chi connectivity index (χ2v) is 2.00. The lowest BCUT2D eigenvalue weighted by Crippen LogP contribution is -2.21. The van der Waals surface area contributed by atoms with Crippen molar-refractivity contribution in [1.29, 1.82) is 0 Å². The number of carbonyl (C=O) groups excluding carboxylic acids is 1. The molecule has 1 radical (unpaired) electrons. The number of urea groups is 1. The van der Waals surface area contributed by atoms with Crippen LogP contribution in [-0.4, -0.2) is 11.0 Å². The molecule has 1 aromatic heterocycles. The van der Waals surface area contributed by atoms with E-state index in [2.05, 4.69) is 10.3 Å². The van der Waals surface area contributed by atoms with Gasteiger partial charge in [-0.1, -0.05) is 6.07 Å². The van der Waals surface area contributed by atoms with E-state index < -0.39 is 6.03 Å². The average molecular weight is 150 g/mol. The number of carbonyl (C=O) groups is 1. The highest BCUT2D eigenvalue weighted by atomic mass is 16.2. The molecule has 0 saturated carbocycles. The van der Waals surface area contributed by atoms with E-state index in [1.54, 1.807) is 18.3 Å². The number of hydrogen-bond donors (Lipinski definition) is 1. The first-order valence-electron chi connectivity index (χ1n) is 3.18. The van der Waals surface area contributed by atoms with E-state index in [-0.39, 0.29) is 0 Å². The molecule has 0 aliphatic heterocycles. The van der Waals surface area contributed by atoms with Crippen molar-refractivity contribution in [2.24, 2.45) is 0 Å². The van der Waals surface area contributed by atoms with Gasteiger partial charge in [0.25, 0.3) is 0 Å².